The second-order valence-corrected chi connectivity index (χ2v) is 10.3. The van der Waals surface area contributed by atoms with E-state index in [0.717, 1.165) is 22.1 Å². The third-order valence-corrected chi connectivity index (χ3v) is 8.29. The summed E-state index contributed by atoms with van der Waals surface area (Å²) in [6.45, 7) is 3.27. The molecule has 4 heterocycles. The highest BCUT2D eigenvalue weighted by Gasteiger charge is 2.46. The Morgan fingerprint density at radius 1 is 1.34 bits per heavy atom. The van der Waals surface area contributed by atoms with Gasteiger partial charge in [-0.05, 0) is 48.9 Å². The summed E-state index contributed by atoms with van der Waals surface area (Å²) in [5.41, 5.74) is 13.7. The zero-order valence-electron chi connectivity index (χ0n) is 21.1. The molecule has 0 fully saturated rings. The lowest BCUT2D eigenvalue weighted by molar-refractivity contribution is -0.172. The Morgan fingerprint density at radius 2 is 2.11 bits per heavy atom. The molecule has 6 rings (SSSR count). The molecule has 3 aliphatic rings. The molecule has 11 heteroatoms. The largest absolute Gasteiger partial charge is 0.458 e. The van der Waals surface area contributed by atoms with Crippen LogP contribution in [0.4, 0.5) is 4.39 Å². The van der Waals surface area contributed by atoms with Crippen molar-refractivity contribution in [1.82, 2.24) is 14.9 Å². The number of nitrogens with one attached hydrogen (secondary N) is 1. The predicted molar refractivity (Wildman–Crippen MR) is 135 cm³/mol. The zero-order chi connectivity index (χ0) is 27.1. The molecule has 38 heavy (non-hydrogen) atoms. The maximum atomic E-state index is 15.0. The maximum Gasteiger partial charge on any atom is 0.343 e. The highest BCUT2D eigenvalue weighted by Crippen LogP contribution is 2.45. The van der Waals surface area contributed by atoms with Crippen LogP contribution < -0.4 is 22.3 Å². The van der Waals surface area contributed by atoms with Crippen molar-refractivity contribution in [2.45, 2.75) is 63.9 Å². The topological polar surface area (TPSA) is 163 Å². The van der Waals surface area contributed by atoms with Gasteiger partial charge in [0.05, 0.1) is 41.1 Å². The number of ether oxygens (including phenoxy) is 1. The van der Waals surface area contributed by atoms with E-state index in [2.05, 4.69) is 5.32 Å². The number of nitrogens with zero attached hydrogens (tertiary/aromatic N) is 2. The van der Waals surface area contributed by atoms with E-state index in [1.807, 2.05) is 0 Å². The summed E-state index contributed by atoms with van der Waals surface area (Å²) in [5.74, 6) is -1.59. The molecule has 0 saturated carbocycles. The number of hydrogen-bond acceptors (Lipinski definition) is 8. The highest BCUT2D eigenvalue weighted by molar-refractivity contribution is 5.94. The average Bonchev–Trinajstić information content (AvgIpc) is 3.28. The fraction of sp³-hybridized carbons (Fsp3) is 0.407. The Hall–Kier alpha value is -3.67. The van der Waals surface area contributed by atoms with E-state index in [1.54, 1.807) is 19.9 Å². The minimum Gasteiger partial charge on any atom is -0.458 e. The van der Waals surface area contributed by atoms with Crippen LogP contribution in [0, 0.1) is 12.7 Å². The summed E-state index contributed by atoms with van der Waals surface area (Å²) < 4.78 is 21.6. The Bertz CT molecular complexity index is 1630. The summed E-state index contributed by atoms with van der Waals surface area (Å²) in [7, 11) is 0. The SMILES string of the molecule is CC[C@@]1(O)C(=O)OCc2c1cc1n(c2=O)Cc2c-1nc1cc(F)c(C)c3c1c2[C@@H](NC(=O)C(N)CN)CC3. The van der Waals surface area contributed by atoms with Crippen LogP contribution in [0.15, 0.2) is 16.9 Å². The molecule has 198 valence electrons. The molecule has 6 N–H and O–H groups in total. The van der Waals surface area contributed by atoms with Crippen LogP contribution in [-0.2, 0) is 39.5 Å². The number of cyclic esters (lactones) is 1. The van der Waals surface area contributed by atoms with E-state index in [0.29, 0.717) is 35.3 Å². The van der Waals surface area contributed by atoms with Gasteiger partial charge < -0.3 is 31.2 Å². The molecule has 0 radical (unpaired) electrons. The van der Waals surface area contributed by atoms with Gasteiger partial charge in [-0.15, -0.1) is 0 Å². The van der Waals surface area contributed by atoms with Crippen LogP contribution in [0.5, 0.6) is 0 Å². The van der Waals surface area contributed by atoms with Crippen molar-refractivity contribution in [2.24, 2.45) is 11.5 Å². The minimum absolute atomic E-state index is 0.0170. The summed E-state index contributed by atoms with van der Waals surface area (Å²) in [6.07, 6.45) is 1.06. The second-order valence-electron chi connectivity index (χ2n) is 10.3. The lowest BCUT2D eigenvalue weighted by atomic mass is 9.81. The van der Waals surface area contributed by atoms with Gasteiger partial charge in [0.2, 0.25) is 5.91 Å². The summed E-state index contributed by atoms with van der Waals surface area (Å²) in [6, 6.07) is 1.65. The standard InChI is InChI=1S/C27H28FN5O5/c1-3-27(37)15-6-20-23-13(9-33(20)25(35)14(15)10-38-26(27)36)22-18(32-24(34)17(30)8-29)5-4-12-11(2)16(28)7-19(31-23)21(12)22/h6-7,17-18,37H,3-5,8-10,29-30H2,1-2H3,(H,32,34)/t17?,18-,27-/m0/s1. The van der Waals surface area contributed by atoms with Crippen molar-refractivity contribution in [3.8, 4) is 11.4 Å². The van der Waals surface area contributed by atoms with Gasteiger partial charge in [0.25, 0.3) is 5.56 Å². The van der Waals surface area contributed by atoms with Crippen LogP contribution in [0.1, 0.15) is 59.2 Å². The lowest BCUT2D eigenvalue weighted by Crippen LogP contribution is -2.47. The molecule has 0 saturated heterocycles. The number of fused-ring (bicyclic) bond motifs is 5. The average molecular weight is 522 g/mol. The second kappa shape index (κ2) is 8.42. The molecule has 0 bridgehead atoms. The van der Waals surface area contributed by atoms with Crippen molar-refractivity contribution in [1.29, 1.82) is 0 Å². The van der Waals surface area contributed by atoms with Gasteiger partial charge in [0.1, 0.15) is 12.4 Å². The molecule has 3 aromatic rings. The van der Waals surface area contributed by atoms with Crippen molar-refractivity contribution in [2.75, 3.05) is 6.54 Å². The Kier molecular flexibility index (Phi) is 5.46. The first-order chi connectivity index (χ1) is 18.1. The molecular formula is C27H28FN5O5. The van der Waals surface area contributed by atoms with Gasteiger partial charge in [-0.1, -0.05) is 6.92 Å². The third kappa shape index (κ3) is 3.22. The number of aromatic nitrogens is 2. The number of nitrogens with two attached hydrogens (primary N) is 2. The number of aryl methyl sites for hydroxylation is 1. The van der Waals surface area contributed by atoms with E-state index in [4.69, 9.17) is 21.2 Å². The number of hydrogen-bond donors (Lipinski definition) is 4. The third-order valence-electron chi connectivity index (χ3n) is 8.29. The number of aliphatic hydroxyl groups is 1. The van der Waals surface area contributed by atoms with E-state index >= 15 is 0 Å². The molecule has 0 spiro atoms. The molecule has 2 aliphatic heterocycles. The van der Waals surface area contributed by atoms with Crippen LogP contribution in [0.25, 0.3) is 22.3 Å². The first kappa shape index (κ1) is 24.7. The monoisotopic (exact) mass is 521 g/mol. The van der Waals surface area contributed by atoms with E-state index < -0.39 is 35.1 Å². The summed E-state index contributed by atoms with van der Waals surface area (Å²) in [5, 5.41) is 14.9. The number of benzene rings is 1. The number of pyridine rings is 2. The van der Waals surface area contributed by atoms with Gasteiger partial charge in [-0.3, -0.25) is 9.59 Å². The molecule has 1 amide bonds. The van der Waals surface area contributed by atoms with Crippen LogP contribution in [-0.4, -0.2) is 39.1 Å². The van der Waals surface area contributed by atoms with Gasteiger partial charge in [0, 0.05) is 29.1 Å². The molecule has 1 aromatic carbocycles. The first-order valence-electron chi connectivity index (χ1n) is 12.7. The predicted octanol–water partition coefficient (Wildman–Crippen LogP) is 0.917. The smallest absolute Gasteiger partial charge is 0.343 e. The van der Waals surface area contributed by atoms with Crippen molar-refractivity contribution in [3.63, 3.8) is 0 Å². The van der Waals surface area contributed by atoms with E-state index in [1.165, 1.54) is 10.6 Å². The van der Waals surface area contributed by atoms with Crippen LogP contribution in [0.2, 0.25) is 0 Å². The quantitative estimate of drug-likeness (QED) is 0.288. The van der Waals surface area contributed by atoms with E-state index in [9.17, 15) is 23.9 Å². The normalized spacial score (nSPS) is 21.9. The fourth-order valence-corrected chi connectivity index (χ4v) is 6.08. The first-order valence-corrected chi connectivity index (χ1v) is 12.7. The molecule has 1 unspecified atom stereocenters. The van der Waals surface area contributed by atoms with Crippen LogP contribution >= 0.6 is 0 Å². The Morgan fingerprint density at radius 3 is 2.82 bits per heavy atom. The van der Waals surface area contributed by atoms with Crippen molar-refractivity contribution >= 4 is 22.8 Å². The Balaban J connectivity index is 1.63. The van der Waals surface area contributed by atoms with Gasteiger partial charge >= 0.3 is 5.97 Å². The number of esters is 1. The van der Waals surface area contributed by atoms with Crippen molar-refractivity contribution < 1.29 is 23.8 Å². The van der Waals surface area contributed by atoms with Gasteiger partial charge in [0.15, 0.2) is 5.60 Å². The van der Waals surface area contributed by atoms with E-state index in [-0.39, 0.29) is 43.1 Å². The van der Waals surface area contributed by atoms with Crippen LogP contribution in [0.3, 0.4) is 0 Å². The zero-order valence-corrected chi connectivity index (χ0v) is 21.1. The number of halogens is 1. The summed E-state index contributed by atoms with van der Waals surface area (Å²) in [4.78, 5) is 43.7. The van der Waals surface area contributed by atoms with Crippen molar-refractivity contribution in [3.05, 3.63) is 61.7 Å². The minimum atomic E-state index is -1.96. The molecule has 2 aromatic heterocycles. The molecule has 3 atom stereocenters. The maximum absolute atomic E-state index is 15.0. The lowest BCUT2D eigenvalue weighted by Gasteiger charge is -2.31. The van der Waals surface area contributed by atoms with Gasteiger partial charge in [-0.25, -0.2) is 14.2 Å². The molecule has 10 nitrogen and oxygen atoms in total. The molecular weight excluding hydrogens is 493 g/mol. The highest BCUT2D eigenvalue weighted by atomic mass is 19.1. The number of carbonyl (C=O) groups is 2. The Labute approximate surface area is 216 Å². The summed E-state index contributed by atoms with van der Waals surface area (Å²) >= 11 is 0. The molecule has 1 aliphatic carbocycles. The number of carbonyl (C=O) groups excluding carboxylic acids is 2. The fourth-order valence-electron chi connectivity index (χ4n) is 6.08. The number of amides is 1. The van der Waals surface area contributed by atoms with Gasteiger partial charge in [-0.2, -0.15) is 0 Å². The number of rotatable bonds is 4.